The van der Waals surface area contributed by atoms with E-state index in [1.54, 1.807) is 13.1 Å². The molecule has 0 saturated carbocycles. The van der Waals surface area contributed by atoms with Crippen LogP contribution in [0.4, 0.5) is 5.13 Å². The Hall–Kier alpha value is -3.07. The molecular formula is C20H23N5O3S. The molecular weight excluding hydrogens is 390 g/mol. The second-order valence-electron chi connectivity index (χ2n) is 6.22. The van der Waals surface area contributed by atoms with E-state index in [1.165, 1.54) is 11.3 Å². The van der Waals surface area contributed by atoms with Crippen LogP contribution in [0.2, 0.25) is 0 Å². The van der Waals surface area contributed by atoms with Crippen molar-refractivity contribution in [2.24, 2.45) is 5.10 Å². The molecule has 0 aliphatic heterocycles. The second kappa shape index (κ2) is 10.5. The number of thiazole rings is 1. The number of anilines is 1. The Labute approximate surface area is 173 Å². The van der Waals surface area contributed by atoms with E-state index < -0.39 is 0 Å². The first-order valence-electron chi connectivity index (χ1n) is 9.49. The summed E-state index contributed by atoms with van der Waals surface area (Å²) in [5.41, 5.74) is 5.31. The van der Waals surface area contributed by atoms with Gasteiger partial charge in [0.25, 0.3) is 0 Å². The predicted molar refractivity (Wildman–Crippen MR) is 112 cm³/mol. The monoisotopic (exact) mass is 413 g/mol. The van der Waals surface area contributed by atoms with E-state index in [4.69, 9.17) is 9.15 Å². The highest BCUT2D eigenvalue weighted by atomic mass is 32.1. The van der Waals surface area contributed by atoms with Crippen LogP contribution in [0, 0.1) is 0 Å². The van der Waals surface area contributed by atoms with Gasteiger partial charge in [0, 0.05) is 17.4 Å². The average molecular weight is 414 g/mol. The lowest BCUT2D eigenvalue weighted by atomic mass is 10.1. The summed E-state index contributed by atoms with van der Waals surface area (Å²) in [6.07, 6.45) is 4.78. The molecule has 152 valence electrons. The number of esters is 1. The number of carbonyl (C=O) groups excluding carboxylic acids is 1. The normalized spacial score (nSPS) is 11.1. The van der Waals surface area contributed by atoms with E-state index >= 15 is 0 Å². The van der Waals surface area contributed by atoms with Gasteiger partial charge in [0.05, 0.1) is 24.9 Å². The maximum atomic E-state index is 11.5. The third-order valence-electron chi connectivity index (χ3n) is 3.93. The number of aromatic nitrogens is 3. The summed E-state index contributed by atoms with van der Waals surface area (Å²) >= 11 is 1.38. The molecule has 0 atom stereocenters. The van der Waals surface area contributed by atoms with Gasteiger partial charge in [0.15, 0.2) is 0 Å². The van der Waals surface area contributed by atoms with Crippen molar-refractivity contribution in [3.63, 3.8) is 0 Å². The van der Waals surface area contributed by atoms with Gasteiger partial charge in [-0.3, -0.25) is 10.2 Å². The van der Waals surface area contributed by atoms with E-state index in [-0.39, 0.29) is 12.4 Å². The third kappa shape index (κ3) is 6.21. The molecule has 9 heteroatoms. The number of rotatable bonds is 10. The van der Waals surface area contributed by atoms with Crippen LogP contribution >= 0.6 is 11.3 Å². The summed E-state index contributed by atoms with van der Waals surface area (Å²) in [7, 11) is 0. The van der Waals surface area contributed by atoms with Gasteiger partial charge in [0.1, 0.15) is 0 Å². The molecule has 2 aromatic heterocycles. The fraction of sp³-hybridized carbons (Fsp3) is 0.350. The molecule has 0 bridgehead atoms. The summed E-state index contributed by atoms with van der Waals surface area (Å²) in [5.74, 6) is 0.906. The lowest BCUT2D eigenvalue weighted by molar-refractivity contribution is -0.142. The molecule has 3 rings (SSSR count). The predicted octanol–water partition coefficient (Wildman–Crippen LogP) is 4.09. The number of hydrogen-bond donors (Lipinski definition) is 1. The lowest BCUT2D eigenvalue weighted by Gasteiger charge is -1.98. The van der Waals surface area contributed by atoms with Crippen molar-refractivity contribution in [3.05, 3.63) is 46.8 Å². The smallest absolute Gasteiger partial charge is 0.311 e. The quantitative estimate of drug-likeness (QED) is 0.303. The second-order valence-corrected chi connectivity index (χ2v) is 7.08. The molecule has 0 amide bonds. The van der Waals surface area contributed by atoms with Gasteiger partial charge in [0.2, 0.25) is 16.9 Å². The SMILES string of the molecule is CCCCc1nnc(-c2ccc(C=NNc3nc(CC(=O)OCC)cs3)cc2)o1. The highest BCUT2D eigenvalue weighted by molar-refractivity contribution is 7.13. The minimum atomic E-state index is -0.285. The number of hydrogen-bond acceptors (Lipinski definition) is 9. The number of benzene rings is 1. The summed E-state index contributed by atoms with van der Waals surface area (Å²) in [6.45, 7) is 4.27. The highest BCUT2D eigenvalue weighted by Crippen LogP contribution is 2.19. The Morgan fingerprint density at radius 1 is 1.28 bits per heavy atom. The fourth-order valence-corrected chi connectivity index (χ4v) is 3.13. The van der Waals surface area contributed by atoms with Crippen molar-refractivity contribution in [3.8, 4) is 11.5 Å². The van der Waals surface area contributed by atoms with Crippen molar-refractivity contribution in [1.29, 1.82) is 0 Å². The van der Waals surface area contributed by atoms with Crippen LogP contribution in [0.3, 0.4) is 0 Å². The molecule has 0 unspecified atom stereocenters. The van der Waals surface area contributed by atoms with Crippen molar-refractivity contribution in [1.82, 2.24) is 15.2 Å². The van der Waals surface area contributed by atoms with E-state index in [1.807, 2.05) is 29.6 Å². The van der Waals surface area contributed by atoms with Crippen LogP contribution in [0.25, 0.3) is 11.5 Å². The lowest BCUT2D eigenvalue weighted by Crippen LogP contribution is -2.07. The number of hydrazone groups is 1. The van der Waals surface area contributed by atoms with Gasteiger partial charge in [-0.15, -0.1) is 21.5 Å². The number of aryl methyl sites for hydroxylation is 1. The molecule has 0 saturated heterocycles. The Morgan fingerprint density at radius 2 is 2.10 bits per heavy atom. The molecule has 8 nitrogen and oxygen atoms in total. The van der Waals surface area contributed by atoms with Crippen LogP contribution in [-0.2, 0) is 22.4 Å². The highest BCUT2D eigenvalue weighted by Gasteiger charge is 2.09. The Bertz CT molecular complexity index is 949. The molecule has 0 aliphatic rings. The van der Waals surface area contributed by atoms with Crippen LogP contribution in [0.15, 0.2) is 39.2 Å². The van der Waals surface area contributed by atoms with Crippen molar-refractivity contribution in [2.75, 3.05) is 12.0 Å². The fourth-order valence-electron chi connectivity index (χ4n) is 2.47. The van der Waals surface area contributed by atoms with Gasteiger partial charge in [-0.25, -0.2) is 4.98 Å². The van der Waals surface area contributed by atoms with Crippen LogP contribution < -0.4 is 5.43 Å². The van der Waals surface area contributed by atoms with Gasteiger partial charge in [-0.2, -0.15) is 5.10 Å². The van der Waals surface area contributed by atoms with Crippen LogP contribution in [0.1, 0.15) is 43.8 Å². The molecule has 0 spiro atoms. The maximum absolute atomic E-state index is 11.5. The van der Waals surface area contributed by atoms with Gasteiger partial charge < -0.3 is 9.15 Å². The average Bonchev–Trinajstić information content (AvgIpc) is 3.37. The molecule has 2 heterocycles. The molecule has 29 heavy (non-hydrogen) atoms. The zero-order valence-electron chi connectivity index (χ0n) is 16.4. The van der Waals surface area contributed by atoms with Gasteiger partial charge in [-0.05, 0) is 31.0 Å². The van der Waals surface area contributed by atoms with Crippen molar-refractivity contribution < 1.29 is 13.9 Å². The minimum Gasteiger partial charge on any atom is -0.466 e. The summed E-state index contributed by atoms with van der Waals surface area (Å²) in [4.78, 5) is 15.8. The zero-order valence-corrected chi connectivity index (χ0v) is 17.2. The third-order valence-corrected chi connectivity index (χ3v) is 4.72. The Kier molecular flexibility index (Phi) is 7.46. The molecule has 1 N–H and O–H groups in total. The number of nitrogens with zero attached hydrogens (tertiary/aromatic N) is 4. The van der Waals surface area contributed by atoms with E-state index in [0.717, 1.165) is 30.4 Å². The molecule has 0 radical (unpaired) electrons. The number of carbonyl (C=O) groups is 1. The first-order valence-corrected chi connectivity index (χ1v) is 10.4. The molecule has 0 fully saturated rings. The number of ether oxygens (including phenoxy) is 1. The van der Waals surface area contributed by atoms with Crippen molar-refractivity contribution >= 4 is 28.7 Å². The molecule has 1 aromatic carbocycles. The Balaban J connectivity index is 1.53. The van der Waals surface area contributed by atoms with Crippen LogP contribution in [-0.4, -0.2) is 34.0 Å². The number of unbranched alkanes of at least 4 members (excludes halogenated alkanes) is 1. The van der Waals surface area contributed by atoms with E-state index in [0.29, 0.717) is 29.2 Å². The summed E-state index contributed by atoms with van der Waals surface area (Å²) in [5, 5.41) is 14.8. The van der Waals surface area contributed by atoms with Crippen LogP contribution in [0.5, 0.6) is 0 Å². The van der Waals surface area contributed by atoms with Gasteiger partial charge >= 0.3 is 5.97 Å². The van der Waals surface area contributed by atoms with E-state index in [2.05, 4.69) is 32.6 Å². The summed E-state index contributed by atoms with van der Waals surface area (Å²) < 4.78 is 10.6. The largest absolute Gasteiger partial charge is 0.466 e. The number of nitrogens with one attached hydrogen (secondary N) is 1. The standard InChI is InChI=1S/C20H23N5O3S/c1-3-5-6-17-23-24-19(28-17)15-9-7-14(8-10-15)12-21-25-20-22-16(13-29-20)11-18(26)27-4-2/h7-10,12-13H,3-6,11H2,1-2H3,(H,22,25). The first-order chi connectivity index (χ1) is 14.2. The molecule has 3 aromatic rings. The first kappa shape index (κ1) is 20.7. The van der Waals surface area contributed by atoms with Crippen molar-refractivity contribution in [2.45, 2.75) is 39.5 Å². The summed E-state index contributed by atoms with van der Waals surface area (Å²) in [6, 6.07) is 7.67. The van der Waals surface area contributed by atoms with Gasteiger partial charge in [-0.1, -0.05) is 25.5 Å². The Morgan fingerprint density at radius 3 is 2.86 bits per heavy atom. The maximum Gasteiger partial charge on any atom is 0.311 e. The topological polar surface area (TPSA) is 102 Å². The zero-order chi connectivity index (χ0) is 20.5. The minimum absolute atomic E-state index is 0.160. The molecule has 0 aliphatic carbocycles. The van der Waals surface area contributed by atoms with E-state index in [9.17, 15) is 4.79 Å².